The number of unbranched alkanes of at least 4 members (excludes halogenated alkanes) is 1. The number of hydrogen-bond acceptors (Lipinski definition) is 1. The zero-order chi connectivity index (χ0) is 13.6. The van der Waals surface area contributed by atoms with E-state index in [-0.39, 0.29) is 5.54 Å². The van der Waals surface area contributed by atoms with Crippen molar-refractivity contribution in [2.75, 3.05) is 6.54 Å². The first-order chi connectivity index (χ1) is 8.46. The van der Waals surface area contributed by atoms with Gasteiger partial charge >= 0.3 is 0 Å². The van der Waals surface area contributed by atoms with Crippen LogP contribution in [0.2, 0.25) is 0 Å². The smallest absolute Gasteiger partial charge is 0.00966 e. The van der Waals surface area contributed by atoms with Crippen LogP contribution in [0.4, 0.5) is 0 Å². The molecule has 1 aliphatic carbocycles. The largest absolute Gasteiger partial charge is 0.312 e. The van der Waals surface area contributed by atoms with Crippen LogP contribution < -0.4 is 5.32 Å². The summed E-state index contributed by atoms with van der Waals surface area (Å²) in [6.45, 7) is 12.8. The van der Waals surface area contributed by atoms with Crippen LogP contribution in [0.15, 0.2) is 0 Å². The van der Waals surface area contributed by atoms with E-state index < -0.39 is 0 Å². The molecule has 0 bridgehead atoms. The van der Waals surface area contributed by atoms with Crippen molar-refractivity contribution in [2.24, 2.45) is 17.8 Å². The maximum absolute atomic E-state index is 3.73. The molecule has 1 aliphatic rings. The van der Waals surface area contributed by atoms with Crippen LogP contribution in [0, 0.1) is 17.8 Å². The Labute approximate surface area is 115 Å². The molecule has 1 nitrogen and oxygen atoms in total. The Kier molecular flexibility index (Phi) is 6.70. The SMILES string of the molecule is CCCCC1CC(CC)CCC1CNC(C)(C)C. The molecule has 0 saturated heterocycles. The first-order valence-electron chi connectivity index (χ1n) is 8.21. The van der Waals surface area contributed by atoms with Crippen LogP contribution in [0.1, 0.15) is 79.6 Å². The predicted octanol–water partition coefficient (Wildman–Crippen LogP) is 5.01. The number of nitrogens with one attached hydrogen (secondary N) is 1. The summed E-state index contributed by atoms with van der Waals surface area (Å²) in [7, 11) is 0. The summed E-state index contributed by atoms with van der Waals surface area (Å²) in [5.74, 6) is 2.93. The van der Waals surface area contributed by atoms with Crippen molar-refractivity contribution in [1.29, 1.82) is 0 Å². The van der Waals surface area contributed by atoms with Gasteiger partial charge in [0.15, 0.2) is 0 Å². The quantitative estimate of drug-likeness (QED) is 0.702. The van der Waals surface area contributed by atoms with Gasteiger partial charge in [-0.25, -0.2) is 0 Å². The molecule has 1 heteroatoms. The molecule has 0 aliphatic heterocycles. The Balaban J connectivity index is 2.46. The van der Waals surface area contributed by atoms with Gasteiger partial charge in [0.1, 0.15) is 0 Å². The van der Waals surface area contributed by atoms with Gasteiger partial charge in [0.25, 0.3) is 0 Å². The molecule has 1 rings (SSSR count). The monoisotopic (exact) mass is 253 g/mol. The van der Waals surface area contributed by atoms with E-state index in [1.165, 1.54) is 51.5 Å². The lowest BCUT2D eigenvalue weighted by Gasteiger charge is -2.38. The molecule has 0 aromatic carbocycles. The molecule has 18 heavy (non-hydrogen) atoms. The first-order valence-corrected chi connectivity index (χ1v) is 8.21. The van der Waals surface area contributed by atoms with Crippen LogP contribution in [0.3, 0.4) is 0 Å². The fourth-order valence-corrected chi connectivity index (χ4v) is 3.32. The Morgan fingerprint density at radius 2 is 1.78 bits per heavy atom. The lowest BCUT2D eigenvalue weighted by atomic mass is 9.71. The van der Waals surface area contributed by atoms with Gasteiger partial charge in [0.2, 0.25) is 0 Å². The number of hydrogen-bond donors (Lipinski definition) is 1. The van der Waals surface area contributed by atoms with E-state index in [9.17, 15) is 0 Å². The van der Waals surface area contributed by atoms with E-state index in [2.05, 4.69) is 39.9 Å². The second kappa shape index (κ2) is 7.53. The Morgan fingerprint density at radius 3 is 2.33 bits per heavy atom. The molecule has 0 aromatic rings. The fraction of sp³-hybridized carbons (Fsp3) is 1.00. The van der Waals surface area contributed by atoms with E-state index in [0.29, 0.717) is 0 Å². The summed E-state index contributed by atoms with van der Waals surface area (Å²) in [6, 6.07) is 0. The third-order valence-corrected chi connectivity index (χ3v) is 4.65. The highest BCUT2D eigenvalue weighted by molar-refractivity contribution is 4.83. The van der Waals surface area contributed by atoms with E-state index in [1.807, 2.05) is 0 Å². The highest BCUT2D eigenvalue weighted by Crippen LogP contribution is 2.38. The third kappa shape index (κ3) is 5.73. The summed E-state index contributed by atoms with van der Waals surface area (Å²) in [4.78, 5) is 0. The Bertz CT molecular complexity index is 216. The van der Waals surface area contributed by atoms with Gasteiger partial charge in [-0.05, 0) is 57.9 Å². The molecule has 3 atom stereocenters. The van der Waals surface area contributed by atoms with Crippen molar-refractivity contribution in [2.45, 2.75) is 85.1 Å². The summed E-state index contributed by atoms with van der Waals surface area (Å²) in [6.07, 6.45) is 10.0. The summed E-state index contributed by atoms with van der Waals surface area (Å²) < 4.78 is 0. The lowest BCUT2D eigenvalue weighted by Crippen LogP contribution is -2.42. The highest BCUT2D eigenvalue weighted by atomic mass is 14.9. The molecule has 0 radical (unpaired) electrons. The predicted molar refractivity (Wildman–Crippen MR) is 81.9 cm³/mol. The van der Waals surface area contributed by atoms with Crippen molar-refractivity contribution in [3.05, 3.63) is 0 Å². The number of rotatable bonds is 6. The molecule has 108 valence electrons. The van der Waals surface area contributed by atoms with Crippen molar-refractivity contribution in [1.82, 2.24) is 5.32 Å². The summed E-state index contributed by atoms with van der Waals surface area (Å²) in [5.41, 5.74) is 0.275. The molecule has 1 N–H and O–H groups in total. The van der Waals surface area contributed by atoms with E-state index >= 15 is 0 Å². The maximum Gasteiger partial charge on any atom is 0.00966 e. The standard InChI is InChI=1S/C17H35N/c1-6-8-9-15-12-14(7-2)10-11-16(15)13-18-17(3,4)5/h14-16,18H,6-13H2,1-5H3. The van der Waals surface area contributed by atoms with Crippen molar-refractivity contribution >= 4 is 0 Å². The van der Waals surface area contributed by atoms with Crippen molar-refractivity contribution in [3.8, 4) is 0 Å². The lowest BCUT2D eigenvalue weighted by molar-refractivity contribution is 0.153. The van der Waals surface area contributed by atoms with Gasteiger partial charge < -0.3 is 5.32 Å². The zero-order valence-corrected chi connectivity index (χ0v) is 13.4. The molecule has 3 unspecified atom stereocenters. The minimum Gasteiger partial charge on any atom is -0.312 e. The van der Waals surface area contributed by atoms with Gasteiger partial charge in [0.05, 0.1) is 0 Å². The zero-order valence-electron chi connectivity index (χ0n) is 13.4. The van der Waals surface area contributed by atoms with Gasteiger partial charge in [-0.3, -0.25) is 0 Å². The first kappa shape index (κ1) is 16.0. The van der Waals surface area contributed by atoms with Crippen molar-refractivity contribution in [3.63, 3.8) is 0 Å². The van der Waals surface area contributed by atoms with E-state index in [1.54, 1.807) is 0 Å². The minimum absolute atomic E-state index is 0.275. The highest BCUT2D eigenvalue weighted by Gasteiger charge is 2.29. The van der Waals surface area contributed by atoms with E-state index in [0.717, 1.165) is 17.8 Å². The molecule has 0 spiro atoms. The second-order valence-corrected chi connectivity index (χ2v) is 7.38. The third-order valence-electron chi connectivity index (χ3n) is 4.65. The normalized spacial score (nSPS) is 29.5. The van der Waals surface area contributed by atoms with Crippen LogP contribution >= 0.6 is 0 Å². The summed E-state index contributed by atoms with van der Waals surface area (Å²) in [5, 5.41) is 3.73. The molecule has 1 fully saturated rings. The molecular weight excluding hydrogens is 218 g/mol. The van der Waals surface area contributed by atoms with Crippen LogP contribution in [-0.4, -0.2) is 12.1 Å². The molecule has 0 amide bonds. The topological polar surface area (TPSA) is 12.0 Å². The van der Waals surface area contributed by atoms with Gasteiger partial charge in [-0.1, -0.05) is 46.0 Å². The second-order valence-electron chi connectivity index (χ2n) is 7.38. The van der Waals surface area contributed by atoms with E-state index in [4.69, 9.17) is 0 Å². The molecular formula is C17H35N. The van der Waals surface area contributed by atoms with Crippen LogP contribution in [0.5, 0.6) is 0 Å². The molecule has 0 aromatic heterocycles. The Morgan fingerprint density at radius 1 is 1.06 bits per heavy atom. The van der Waals surface area contributed by atoms with Gasteiger partial charge in [-0.15, -0.1) is 0 Å². The average Bonchev–Trinajstić information content (AvgIpc) is 2.33. The van der Waals surface area contributed by atoms with Gasteiger partial charge in [-0.2, -0.15) is 0 Å². The fourth-order valence-electron chi connectivity index (χ4n) is 3.32. The summed E-state index contributed by atoms with van der Waals surface area (Å²) >= 11 is 0. The van der Waals surface area contributed by atoms with Crippen LogP contribution in [0.25, 0.3) is 0 Å². The average molecular weight is 253 g/mol. The molecule has 1 saturated carbocycles. The minimum atomic E-state index is 0.275. The molecule has 0 heterocycles. The van der Waals surface area contributed by atoms with Crippen LogP contribution in [-0.2, 0) is 0 Å². The maximum atomic E-state index is 3.73. The Hall–Kier alpha value is -0.0400. The van der Waals surface area contributed by atoms with Crippen molar-refractivity contribution < 1.29 is 0 Å². The van der Waals surface area contributed by atoms with Gasteiger partial charge in [0, 0.05) is 5.54 Å².